The van der Waals surface area contributed by atoms with E-state index in [4.69, 9.17) is 0 Å². The number of anilines is 1. The lowest BCUT2D eigenvalue weighted by Crippen LogP contribution is -1.94. The number of nitrogens with one attached hydrogen (secondary N) is 1. The number of nitrogens with zero attached hydrogens (tertiary/aromatic N) is 2. The molecule has 0 radical (unpaired) electrons. The van der Waals surface area contributed by atoms with Gasteiger partial charge in [-0.25, -0.2) is 0 Å². The summed E-state index contributed by atoms with van der Waals surface area (Å²) >= 11 is 1.59. The van der Waals surface area contributed by atoms with Crippen LogP contribution in [-0.2, 0) is 0 Å². The van der Waals surface area contributed by atoms with Crippen molar-refractivity contribution in [3.63, 3.8) is 0 Å². The van der Waals surface area contributed by atoms with Crippen molar-refractivity contribution >= 4 is 27.2 Å². The van der Waals surface area contributed by atoms with Gasteiger partial charge in [-0.15, -0.1) is 10.2 Å². The van der Waals surface area contributed by atoms with E-state index in [1.165, 1.54) is 10.8 Å². The Hall–Kier alpha value is -1.94. The minimum Gasteiger partial charge on any atom is -0.360 e. The molecular formula is C14H13N3S. The van der Waals surface area contributed by atoms with Crippen molar-refractivity contribution in [2.75, 3.05) is 11.9 Å². The first-order valence-electron chi connectivity index (χ1n) is 5.94. The Bertz CT molecular complexity index is 670. The molecule has 0 amide bonds. The average Bonchev–Trinajstić information content (AvgIpc) is 2.87. The fraction of sp³-hybridized carbons (Fsp3) is 0.143. The van der Waals surface area contributed by atoms with Crippen LogP contribution in [0.5, 0.6) is 0 Å². The zero-order valence-corrected chi connectivity index (χ0v) is 10.9. The maximum Gasteiger partial charge on any atom is 0.205 e. The molecule has 3 nitrogen and oxygen atoms in total. The van der Waals surface area contributed by atoms with Crippen LogP contribution in [0.1, 0.15) is 6.92 Å². The maximum atomic E-state index is 4.26. The molecule has 2 aromatic carbocycles. The molecule has 0 aliphatic carbocycles. The molecule has 1 N–H and O–H groups in total. The molecule has 4 heteroatoms. The van der Waals surface area contributed by atoms with E-state index in [9.17, 15) is 0 Å². The lowest BCUT2D eigenvalue weighted by atomic mass is 10.1. The van der Waals surface area contributed by atoms with Crippen LogP contribution in [0.15, 0.2) is 42.5 Å². The number of benzene rings is 2. The van der Waals surface area contributed by atoms with Gasteiger partial charge in [0, 0.05) is 12.1 Å². The first-order chi connectivity index (χ1) is 8.88. The van der Waals surface area contributed by atoms with Gasteiger partial charge in [0.2, 0.25) is 5.13 Å². The van der Waals surface area contributed by atoms with Crippen LogP contribution in [0.3, 0.4) is 0 Å². The number of rotatable bonds is 3. The number of hydrogen-bond acceptors (Lipinski definition) is 4. The molecule has 0 fully saturated rings. The molecule has 0 atom stereocenters. The van der Waals surface area contributed by atoms with E-state index in [1.807, 2.05) is 0 Å². The first-order valence-corrected chi connectivity index (χ1v) is 6.75. The molecule has 0 saturated heterocycles. The van der Waals surface area contributed by atoms with E-state index < -0.39 is 0 Å². The van der Waals surface area contributed by atoms with Crippen LogP contribution >= 0.6 is 11.3 Å². The summed E-state index contributed by atoms with van der Waals surface area (Å²) in [6.45, 7) is 2.92. The van der Waals surface area contributed by atoms with Gasteiger partial charge in [-0.05, 0) is 17.7 Å². The summed E-state index contributed by atoms with van der Waals surface area (Å²) in [5.41, 5.74) is 1.15. The van der Waals surface area contributed by atoms with Gasteiger partial charge < -0.3 is 5.32 Å². The van der Waals surface area contributed by atoms with Gasteiger partial charge in [0.15, 0.2) is 0 Å². The van der Waals surface area contributed by atoms with Crippen LogP contribution < -0.4 is 5.32 Å². The van der Waals surface area contributed by atoms with Gasteiger partial charge in [-0.3, -0.25) is 0 Å². The Morgan fingerprint density at radius 3 is 2.78 bits per heavy atom. The molecule has 18 heavy (non-hydrogen) atoms. The number of hydrogen-bond donors (Lipinski definition) is 1. The molecule has 1 heterocycles. The summed E-state index contributed by atoms with van der Waals surface area (Å²) in [4.78, 5) is 0. The Morgan fingerprint density at radius 2 is 1.89 bits per heavy atom. The molecule has 3 rings (SSSR count). The number of fused-ring (bicyclic) bond motifs is 1. The van der Waals surface area contributed by atoms with Crippen molar-refractivity contribution in [1.82, 2.24) is 10.2 Å². The Balaban J connectivity index is 2.12. The van der Waals surface area contributed by atoms with Crippen LogP contribution in [0, 0.1) is 0 Å². The zero-order chi connectivity index (χ0) is 12.4. The highest BCUT2D eigenvalue weighted by molar-refractivity contribution is 7.18. The molecule has 90 valence electrons. The van der Waals surface area contributed by atoms with Gasteiger partial charge in [-0.2, -0.15) is 0 Å². The summed E-state index contributed by atoms with van der Waals surface area (Å²) in [7, 11) is 0. The van der Waals surface area contributed by atoms with E-state index in [-0.39, 0.29) is 0 Å². The lowest BCUT2D eigenvalue weighted by molar-refractivity contribution is 1.07. The molecule has 0 saturated carbocycles. The third kappa shape index (κ3) is 1.95. The summed E-state index contributed by atoms with van der Waals surface area (Å²) in [5.74, 6) is 0. The minimum absolute atomic E-state index is 0.865. The van der Waals surface area contributed by atoms with Crippen LogP contribution in [-0.4, -0.2) is 16.7 Å². The van der Waals surface area contributed by atoms with E-state index in [0.717, 1.165) is 22.2 Å². The van der Waals surface area contributed by atoms with Crippen LogP contribution in [0.4, 0.5) is 5.13 Å². The van der Waals surface area contributed by atoms with Gasteiger partial charge >= 0.3 is 0 Å². The van der Waals surface area contributed by atoms with Gasteiger partial charge in [-0.1, -0.05) is 53.8 Å². The van der Waals surface area contributed by atoms with E-state index >= 15 is 0 Å². The highest BCUT2D eigenvalue weighted by Crippen LogP contribution is 2.31. The summed E-state index contributed by atoms with van der Waals surface area (Å²) < 4.78 is 0. The van der Waals surface area contributed by atoms with E-state index in [0.29, 0.717) is 0 Å². The van der Waals surface area contributed by atoms with E-state index in [1.54, 1.807) is 11.3 Å². The summed E-state index contributed by atoms with van der Waals surface area (Å²) in [6, 6.07) is 14.6. The molecule has 3 aromatic rings. The third-order valence-electron chi connectivity index (χ3n) is 2.77. The smallest absolute Gasteiger partial charge is 0.205 e. The Morgan fingerprint density at radius 1 is 1.06 bits per heavy atom. The SMILES string of the molecule is CCNc1nnc(-c2cccc3ccccc23)s1. The molecule has 0 aliphatic rings. The van der Waals surface area contributed by atoms with Crippen molar-refractivity contribution in [3.8, 4) is 10.6 Å². The molecule has 0 aliphatic heterocycles. The van der Waals surface area contributed by atoms with Gasteiger partial charge in [0.1, 0.15) is 5.01 Å². The molecular weight excluding hydrogens is 242 g/mol. The number of aromatic nitrogens is 2. The predicted octanol–water partition coefficient (Wildman–Crippen LogP) is 3.79. The fourth-order valence-electron chi connectivity index (χ4n) is 1.97. The predicted molar refractivity (Wildman–Crippen MR) is 77.0 cm³/mol. The van der Waals surface area contributed by atoms with Crippen molar-refractivity contribution in [2.24, 2.45) is 0 Å². The molecule has 0 bridgehead atoms. The van der Waals surface area contributed by atoms with Gasteiger partial charge in [0.05, 0.1) is 0 Å². The topological polar surface area (TPSA) is 37.8 Å². The van der Waals surface area contributed by atoms with E-state index in [2.05, 4.69) is 64.9 Å². The summed E-state index contributed by atoms with van der Waals surface area (Å²) in [5, 5.41) is 15.9. The maximum absolute atomic E-state index is 4.26. The standard InChI is InChI=1S/C14H13N3S/c1-2-15-14-17-16-13(18-14)12-9-5-7-10-6-3-4-8-11(10)12/h3-9H,2H2,1H3,(H,15,17). The normalized spacial score (nSPS) is 10.7. The van der Waals surface area contributed by atoms with Crippen LogP contribution in [0.25, 0.3) is 21.3 Å². The van der Waals surface area contributed by atoms with Crippen molar-refractivity contribution in [3.05, 3.63) is 42.5 Å². The highest BCUT2D eigenvalue weighted by atomic mass is 32.1. The second-order valence-corrected chi connectivity index (χ2v) is 4.95. The second-order valence-electron chi connectivity index (χ2n) is 3.97. The quantitative estimate of drug-likeness (QED) is 0.773. The minimum atomic E-state index is 0.865. The van der Waals surface area contributed by atoms with Gasteiger partial charge in [0.25, 0.3) is 0 Å². The van der Waals surface area contributed by atoms with Crippen molar-refractivity contribution < 1.29 is 0 Å². The molecule has 0 spiro atoms. The molecule has 1 aromatic heterocycles. The largest absolute Gasteiger partial charge is 0.360 e. The second kappa shape index (κ2) is 4.74. The average molecular weight is 255 g/mol. The third-order valence-corrected chi connectivity index (χ3v) is 3.69. The highest BCUT2D eigenvalue weighted by Gasteiger charge is 2.08. The Kier molecular flexibility index (Phi) is 2.94. The Labute approximate surface area is 109 Å². The monoisotopic (exact) mass is 255 g/mol. The zero-order valence-electron chi connectivity index (χ0n) is 10.1. The van der Waals surface area contributed by atoms with Crippen LogP contribution in [0.2, 0.25) is 0 Å². The van der Waals surface area contributed by atoms with Crippen molar-refractivity contribution in [1.29, 1.82) is 0 Å². The van der Waals surface area contributed by atoms with Crippen molar-refractivity contribution in [2.45, 2.75) is 6.92 Å². The molecule has 0 unspecified atom stereocenters. The summed E-state index contributed by atoms with van der Waals surface area (Å²) in [6.07, 6.45) is 0. The first kappa shape index (κ1) is 11.2. The fourth-order valence-corrected chi connectivity index (χ4v) is 2.82. The lowest BCUT2D eigenvalue weighted by Gasteiger charge is -2.02.